The fraction of sp³-hybridized carbons (Fsp3) is 0.935. The van der Waals surface area contributed by atoms with Gasteiger partial charge >= 0.3 is 0 Å². The van der Waals surface area contributed by atoms with E-state index in [0.717, 1.165) is 50.0 Å². The number of rotatable bonds is 15. The fourth-order valence-corrected chi connectivity index (χ4v) is 5.53. The largest absolute Gasteiger partial charge is 0.376 e. The third kappa shape index (κ3) is 10.4. The zero-order valence-corrected chi connectivity index (χ0v) is 25.7. The van der Waals surface area contributed by atoms with Gasteiger partial charge in [0.25, 0.3) is 0 Å². The Morgan fingerprint density at radius 3 is 1.81 bits per heavy atom. The molecule has 5 nitrogen and oxygen atoms in total. The van der Waals surface area contributed by atoms with Crippen LogP contribution >= 0.6 is 0 Å². The van der Waals surface area contributed by atoms with Crippen LogP contribution in [-0.4, -0.2) is 39.4 Å². The smallest absolute Gasteiger partial charge is 0.0858 e. The van der Waals surface area contributed by atoms with E-state index >= 15 is 0 Å². The lowest BCUT2D eigenvalue weighted by Crippen LogP contribution is -2.34. The lowest BCUT2D eigenvalue weighted by Gasteiger charge is -2.37. The Morgan fingerprint density at radius 2 is 1.33 bits per heavy atom. The minimum atomic E-state index is -0.111. The highest BCUT2D eigenvalue weighted by Crippen LogP contribution is 2.39. The van der Waals surface area contributed by atoms with Crippen molar-refractivity contribution >= 4 is 0 Å². The molecule has 36 heavy (non-hydrogen) atoms. The quantitative estimate of drug-likeness (QED) is 0.240. The lowest BCUT2D eigenvalue weighted by atomic mass is 9.74. The summed E-state index contributed by atoms with van der Waals surface area (Å²) in [5, 5.41) is 8.91. The van der Waals surface area contributed by atoms with Crippen molar-refractivity contribution in [2.24, 2.45) is 23.7 Å². The summed E-state index contributed by atoms with van der Waals surface area (Å²) < 4.78 is 14.8. The molecule has 1 fully saturated rings. The summed E-state index contributed by atoms with van der Waals surface area (Å²) in [6.07, 6.45) is 11.8. The summed E-state index contributed by atoms with van der Waals surface area (Å²) in [4.78, 5) is 0. The maximum absolute atomic E-state index is 6.47. The van der Waals surface area contributed by atoms with E-state index in [1.54, 1.807) is 0 Å². The Labute approximate surface area is 223 Å². The maximum atomic E-state index is 6.47. The van der Waals surface area contributed by atoms with Crippen molar-refractivity contribution in [1.29, 1.82) is 0 Å². The van der Waals surface area contributed by atoms with E-state index in [0.29, 0.717) is 17.8 Å². The molecule has 210 valence electrons. The monoisotopic (exact) mass is 505 g/mol. The van der Waals surface area contributed by atoms with Gasteiger partial charge in [-0.25, -0.2) is 4.68 Å². The average molecular weight is 506 g/mol. The molecule has 0 radical (unpaired) electrons. The fourth-order valence-electron chi connectivity index (χ4n) is 5.53. The highest BCUT2D eigenvalue weighted by molar-refractivity contribution is 5.03. The van der Waals surface area contributed by atoms with Gasteiger partial charge in [-0.3, -0.25) is 0 Å². The molecule has 1 aromatic rings. The first-order valence-corrected chi connectivity index (χ1v) is 14.8. The molecule has 1 aliphatic rings. The summed E-state index contributed by atoms with van der Waals surface area (Å²) >= 11 is 0. The Kier molecular flexibility index (Phi) is 11.5. The van der Waals surface area contributed by atoms with Crippen LogP contribution in [-0.2, 0) is 15.0 Å². The highest BCUT2D eigenvalue weighted by atomic mass is 16.5. The second-order valence-corrected chi connectivity index (χ2v) is 14.4. The summed E-state index contributed by atoms with van der Waals surface area (Å²) in [5.74, 6) is 3.26. The van der Waals surface area contributed by atoms with Crippen molar-refractivity contribution in [2.75, 3.05) is 13.2 Å². The van der Waals surface area contributed by atoms with Gasteiger partial charge in [-0.1, -0.05) is 65.5 Å². The van der Waals surface area contributed by atoms with Gasteiger partial charge in [0.15, 0.2) is 0 Å². The highest BCUT2D eigenvalue weighted by Gasteiger charge is 2.32. The SMILES string of the molecule is CC(C)CCOC(C)(C)CC1CCC(CC(C)(C)OCCC(C)(C)n2cc(C(C)C(C)C)nn2)CC1. The lowest BCUT2D eigenvalue weighted by molar-refractivity contribution is -0.0551. The molecule has 1 aliphatic carbocycles. The molecule has 5 heteroatoms. The molecule has 0 amide bonds. The minimum Gasteiger partial charge on any atom is -0.376 e. The molecule has 0 aromatic carbocycles. The van der Waals surface area contributed by atoms with E-state index in [1.807, 2.05) is 4.68 Å². The van der Waals surface area contributed by atoms with Crippen molar-refractivity contribution in [2.45, 2.75) is 150 Å². The van der Waals surface area contributed by atoms with Crippen molar-refractivity contribution < 1.29 is 9.47 Å². The van der Waals surface area contributed by atoms with Crippen LogP contribution in [0.15, 0.2) is 6.20 Å². The van der Waals surface area contributed by atoms with E-state index in [4.69, 9.17) is 9.47 Å². The third-order valence-electron chi connectivity index (χ3n) is 8.52. The zero-order valence-electron chi connectivity index (χ0n) is 25.7. The van der Waals surface area contributed by atoms with E-state index in [2.05, 4.69) is 92.7 Å². The summed E-state index contributed by atoms with van der Waals surface area (Å²) in [5.41, 5.74) is 0.881. The predicted molar refractivity (Wildman–Crippen MR) is 151 cm³/mol. The van der Waals surface area contributed by atoms with Gasteiger partial charge in [0.1, 0.15) is 0 Å². The molecule has 1 atom stereocenters. The first kappa shape index (κ1) is 31.3. The third-order valence-corrected chi connectivity index (χ3v) is 8.52. The molecule has 0 aliphatic heterocycles. The van der Waals surface area contributed by atoms with Gasteiger partial charge < -0.3 is 9.47 Å². The number of ether oxygens (including phenoxy) is 2. The molecule has 2 rings (SSSR count). The van der Waals surface area contributed by atoms with Crippen LogP contribution < -0.4 is 0 Å². The number of aromatic nitrogens is 3. The molecule has 1 unspecified atom stereocenters. The molecule has 0 N–H and O–H groups in total. The summed E-state index contributed by atoms with van der Waals surface area (Å²) in [7, 11) is 0. The molecular formula is C31H59N3O2. The molecular weight excluding hydrogens is 446 g/mol. The Morgan fingerprint density at radius 1 is 0.833 bits per heavy atom. The Bertz CT molecular complexity index is 758. The van der Waals surface area contributed by atoms with Crippen molar-refractivity contribution in [1.82, 2.24) is 15.0 Å². The summed E-state index contributed by atoms with van der Waals surface area (Å²) in [6.45, 7) is 26.4. The van der Waals surface area contributed by atoms with Crippen molar-refractivity contribution in [3.05, 3.63) is 11.9 Å². The van der Waals surface area contributed by atoms with Gasteiger partial charge in [0.2, 0.25) is 0 Å². The van der Waals surface area contributed by atoms with Crippen LogP contribution in [0.4, 0.5) is 0 Å². The van der Waals surface area contributed by atoms with E-state index in [-0.39, 0.29) is 16.7 Å². The van der Waals surface area contributed by atoms with Crippen LogP contribution in [0.2, 0.25) is 0 Å². The Balaban J connectivity index is 1.74. The van der Waals surface area contributed by atoms with Gasteiger partial charge in [-0.05, 0) is 90.9 Å². The molecule has 1 heterocycles. The van der Waals surface area contributed by atoms with Crippen LogP contribution in [0, 0.1) is 23.7 Å². The molecule has 0 bridgehead atoms. The van der Waals surface area contributed by atoms with Crippen LogP contribution in [0.3, 0.4) is 0 Å². The average Bonchev–Trinajstić information content (AvgIpc) is 3.24. The minimum absolute atomic E-state index is 0.000728. The number of hydrogen-bond acceptors (Lipinski definition) is 4. The van der Waals surface area contributed by atoms with E-state index in [9.17, 15) is 0 Å². The Hall–Kier alpha value is -0.940. The molecule has 1 aromatic heterocycles. The molecule has 0 saturated heterocycles. The maximum Gasteiger partial charge on any atom is 0.0858 e. The van der Waals surface area contributed by atoms with Crippen LogP contribution in [0.25, 0.3) is 0 Å². The van der Waals surface area contributed by atoms with Crippen molar-refractivity contribution in [3.8, 4) is 0 Å². The van der Waals surface area contributed by atoms with Crippen LogP contribution in [0.1, 0.15) is 139 Å². The predicted octanol–water partition coefficient (Wildman–Crippen LogP) is 8.39. The number of nitrogens with zero attached hydrogens (tertiary/aromatic N) is 3. The van der Waals surface area contributed by atoms with E-state index < -0.39 is 0 Å². The van der Waals surface area contributed by atoms with Gasteiger partial charge in [-0.15, -0.1) is 5.10 Å². The number of hydrogen-bond donors (Lipinski definition) is 0. The standard InChI is InChI=1S/C31H59N3O2/c1-23(2)16-18-35-30(8,9)20-26-12-14-27(15-13-26)21-31(10,11)36-19-17-29(6,7)34-22-28(32-33-34)25(5)24(3)4/h22-27H,12-21H2,1-11H3. The van der Waals surface area contributed by atoms with Crippen LogP contribution in [0.5, 0.6) is 0 Å². The van der Waals surface area contributed by atoms with Crippen molar-refractivity contribution in [3.63, 3.8) is 0 Å². The second-order valence-electron chi connectivity index (χ2n) is 14.4. The first-order valence-electron chi connectivity index (χ1n) is 14.8. The topological polar surface area (TPSA) is 49.2 Å². The van der Waals surface area contributed by atoms with Gasteiger partial charge in [-0.2, -0.15) is 0 Å². The zero-order chi connectivity index (χ0) is 27.1. The summed E-state index contributed by atoms with van der Waals surface area (Å²) in [6, 6.07) is 0. The first-order chi connectivity index (χ1) is 16.6. The molecule has 0 spiro atoms. The normalized spacial score (nSPS) is 20.9. The molecule has 1 saturated carbocycles. The van der Waals surface area contributed by atoms with Gasteiger partial charge in [0, 0.05) is 25.3 Å². The van der Waals surface area contributed by atoms with E-state index in [1.165, 1.54) is 32.1 Å². The van der Waals surface area contributed by atoms with Gasteiger partial charge in [0.05, 0.1) is 22.4 Å². The second kappa shape index (κ2) is 13.2.